The van der Waals surface area contributed by atoms with Crippen LogP contribution in [0.4, 0.5) is 0 Å². The molecule has 0 aromatic carbocycles. The molecule has 0 aliphatic rings. The molecule has 37 heavy (non-hydrogen) atoms. The van der Waals surface area contributed by atoms with Gasteiger partial charge >= 0.3 is 20.4 Å². The molecular formula is C30H50Cl2P2PdS2. The monoisotopic (exact) mass is 712 g/mol. The zero-order valence-electron chi connectivity index (χ0n) is 25.0. The predicted molar refractivity (Wildman–Crippen MR) is 167 cm³/mol. The van der Waals surface area contributed by atoms with Gasteiger partial charge in [-0.1, -0.05) is 135 Å². The fourth-order valence-corrected chi connectivity index (χ4v) is 12.1. The third kappa shape index (κ3) is 17.4. The van der Waals surface area contributed by atoms with E-state index in [4.69, 9.17) is 0 Å². The first-order chi connectivity index (χ1) is 15.4. The maximum atomic E-state index is 2.48. The molecule has 0 atom stereocenters. The summed E-state index contributed by atoms with van der Waals surface area (Å²) >= 11 is 3.69. The van der Waals surface area contributed by atoms with E-state index in [1.807, 2.05) is 22.7 Å². The topological polar surface area (TPSA) is 0 Å². The number of rotatable bonds is 6. The van der Waals surface area contributed by atoms with Crippen LogP contribution in [-0.2, 0) is 33.3 Å². The Balaban J connectivity index is -0.000000578. The van der Waals surface area contributed by atoms with Gasteiger partial charge in [-0.3, -0.25) is 0 Å². The van der Waals surface area contributed by atoms with Crippen LogP contribution in [0.5, 0.6) is 0 Å². The zero-order chi connectivity index (χ0) is 26.2. The maximum absolute atomic E-state index is 2.48. The van der Waals surface area contributed by atoms with Gasteiger partial charge in [0.05, 0.1) is 0 Å². The Labute approximate surface area is 267 Å². The van der Waals surface area contributed by atoms with Crippen LogP contribution in [0.1, 0.15) is 92.8 Å². The molecule has 0 aliphatic heterocycles. The molecule has 0 saturated heterocycles. The van der Waals surface area contributed by atoms with Gasteiger partial charge in [0.25, 0.3) is 0 Å². The minimum atomic E-state index is -0.100. The van der Waals surface area contributed by atoms with Gasteiger partial charge in [-0.15, -0.1) is 22.7 Å². The van der Waals surface area contributed by atoms with Gasteiger partial charge in [-0.05, 0) is 43.5 Å². The average Bonchev–Trinajstić information content (AvgIpc) is 3.32. The average molecular weight is 714 g/mol. The zero-order valence-corrected chi connectivity index (χ0v) is 31.5. The van der Waals surface area contributed by atoms with Gasteiger partial charge in [0.1, 0.15) is 0 Å². The Kier molecular flexibility index (Phi) is 21.1. The van der Waals surface area contributed by atoms with Crippen LogP contribution in [0.15, 0.2) is 58.8 Å². The second-order valence-corrected chi connectivity index (χ2v) is 22.3. The second kappa shape index (κ2) is 18.4. The van der Waals surface area contributed by atoms with E-state index < -0.39 is 0 Å². The Bertz CT molecular complexity index is 763. The van der Waals surface area contributed by atoms with Crippen molar-refractivity contribution in [3.63, 3.8) is 0 Å². The minimum absolute atomic E-state index is 0. The van der Waals surface area contributed by atoms with Crippen molar-refractivity contribution in [1.82, 2.24) is 0 Å². The van der Waals surface area contributed by atoms with E-state index >= 15 is 0 Å². The van der Waals surface area contributed by atoms with Gasteiger partial charge in [0.2, 0.25) is 0 Å². The molecule has 216 valence electrons. The number of allylic oxidation sites excluding steroid dienone is 2. The summed E-state index contributed by atoms with van der Waals surface area (Å²) in [4.78, 5) is 2.91. The Morgan fingerprint density at radius 2 is 0.838 bits per heavy atom. The van der Waals surface area contributed by atoms with Crippen LogP contribution < -0.4 is 24.8 Å². The van der Waals surface area contributed by atoms with E-state index in [9.17, 15) is 0 Å². The molecule has 0 aliphatic carbocycles. The summed E-state index contributed by atoms with van der Waals surface area (Å²) in [6.45, 7) is 28.3. The van der Waals surface area contributed by atoms with E-state index in [1.165, 1.54) is 9.75 Å². The second-order valence-electron chi connectivity index (χ2n) is 12.8. The first-order valence-corrected chi connectivity index (χ1v) is 17.0. The van der Waals surface area contributed by atoms with E-state index in [0.29, 0.717) is 20.6 Å². The third-order valence-electron chi connectivity index (χ3n) is 5.20. The summed E-state index contributed by atoms with van der Waals surface area (Å²) in [6, 6.07) is 8.69. The van der Waals surface area contributed by atoms with Crippen molar-refractivity contribution in [3.05, 3.63) is 68.6 Å². The van der Waals surface area contributed by atoms with Crippen molar-refractivity contribution in [3.8, 4) is 0 Å². The normalized spacial score (nSPS) is 12.7. The summed E-state index contributed by atoms with van der Waals surface area (Å²) in [7, 11) is -0.201. The van der Waals surface area contributed by atoms with Crippen LogP contribution in [0, 0.1) is 0 Å². The summed E-state index contributed by atoms with van der Waals surface area (Å²) in [6.07, 6.45) is 6.91. The van der Waals surface area contributed by atoms with Crippen molar-refractivity contribution in [1.29, 1.82) is 0 Å². The van der Waals surface area contributed by atoms with Crippen LogP contribution in [0.25, 0.3) is 0 Å². The molecule has 2 rings (SSSR count). The Morgan fingerprint density at radius 3 is 1.03 bits per heavy atom. The van der Waals surface area contributed by atoms with Crippen LogP contribution in [0.2, 0.25) is 0 Å². The van der Waals surface area contributed by atoms with Crippen molar-refractivity contribution in [2.45, 2.75) is 117 Å². The SMILES string of the molecule is CC(C)(C)P(C=CCc1cccs1)C(C)(C)C.CC(C)(C)P(C=CCc1cccs1)C(C)(C)C.[Cl-].[Cl-].[Pd+2]. The molecule has 0 unspecified atom stereocenters. The smallest absolute Gasteiger partial charge is 1.00 e. The summed E-state index contributed by atoms with van der Waals surface area (Å²) in [5, 5.41) is 5.86. The molecular weight excluding hydrogens is 664 g/mol. The first-order valence-electron chi connectivity index (χ1n) is 12.4. The van der Waals surface area contributed by atoms with Crippen LogP contribution >= 0.6 is 38.5 Å². The number of hydrogen-bond acceptors (Lipinski definition) is 2. The van der Waals surface area contributed by atoms with E-state index in [2.05, 4.69) is 142 Å². The molecule has 2 aromatic rings. The number of thiophene rings is 2. The molecule has 0 bridgehead atoms. The molecule has 7 heteroatoms. The quantitative estimate of drug-likeness (QED) is 0.264. The van der Waals surface area contributed by atoms with Gasteiger partial charge in [-0.25, -0.2) is 0 Å². The molecule has 0 radical (unpaired) electrons. The summed E-state index contributed by atoms with van der Waals surface area (Å²) in [5.41, 5.74) is 0. The van der Waals surface area contributed by atoms with E-state index in [0.717, 1.165) is 12.8 Å². The Morgan fingerprint density at radius 1 is 0.568 bits per heavy atom. The molecule has 0 fully saturated rings. The van der Waals surface area contributed by atoms with Crippen LogP contribution in [0.3, 0.4) is 0 Å². The predicted octanol–water partition coefficient (Wildman–Crippen LogP) is 5.77. The van der Waals surface area contributed by atoms with Gasteiger partial charge in [0, 0.05) is 22.6 Å². The summed E-state index contributed by atoms with van der Waals surface area (Å²) in [5.74, 6) is 4.96. The number of hydrogen-bond donors (Lipinski definition) is 0. The molecule has 2 aromatic heterocycles. The van der Waals surface area contributed by atoms with Gasteiger partial charge < -0.3 is 24.8 Å². The molecule has 0 saturated carbocycles. The van der Waals surface area contributed by atoms with Gasteiger partial charge in [-0.2, -0.15) is 0 Å². The maximum Gasteiger partial charge on any atom is 2.00 e. The fourth-order valence-electron chi connectivity index (χ4n) is 4.31. The van der Waals surface area contributed by atoms with Crippen molar-refractivity contribution < 1.29 is 45.2 Å². The standard InChI is InChI=1S/2C15H25PS.2ClH.Pd/c2*1-14(2,3)16(15(4,5)6)11-7-9-13-10-8-12-17-13;;;/h2*7-8,10-12H,9H2,1-6H3;2*1H;/q;;;;+2/p-2. The largest absolute Gasteiger partial charge is 2.00 e. The molecule has 0 spiro atoms. The summed E-state index contributed by atoms with van der Waals surface area (Å²) < 4.78 is 0. The fraction of sp³-hybridized carbons (Fsp3) is 0.600. The van der Waals surface area contributed by atoms with Crippen molar-refractivity contribution >= 4 is 38.5 Å². The number of halogens is 2. The molecule has 0 nitrogen and oxygen atoms in total. The van der Waals surface area contributed by atoms with E-state index in [1.54, 1.807) is 0 Å². The molecule has 2 heterocycles. The van der Waals surface area contributed by atoms with Crippen molar-refractivity contribution in [2.24, 2.45) is 0 Å². The van der Waals surface area contributed by atoms with Gasteiger partial charge in [0.15, 0.2) is 0 Å². The Hall–Kier alpha value is 0.982. The minimum Gasteiger partial charge on any atom is -1.00 e. The third-order valence-corrected chi connectivity index (χ3v) is 13.8. The first kappa shape index (κ1) is 42.4. The molecule has 0 amide bonds. The van der Waals surface area contributed by atoms with Crippen LogP contribution in [-0.4, -0.2) is 20.6 Å². The van der Waals surface area contributed by atoms with Crippen molar-refractivity contribution in [2.75, 3.05) is 0 Å². The molecule has 0 N–H and O–H groups in total. The van der Waals surface area contributed by atoms with E-state index in [-0.39, 0.29) is 61.1 Å².